The Morgan fingerprint density at radius 3 is 2.39 bits per heavy atom. The molecule has 0 atom stereocenters. The highest BCUT2D eigenvalue weighted by atomic mass is 19.1. The number of hydrogen-bond donors (Lipinski definition) is 0. The number of benzene rings is 3. The second kappa shape index (κ2) is 8.39. The van der Waals surface area contributed by atoms with Crippen molar-refractivity contribution in [3.05, 3.63) is 94.8 Å². The summed E-state index contributed by atoms with van der Waals surface area (Å²) in [5, 5.41) is 0. The van der Waals surface area contributed by atoms with Crippen molar-refractivity contribution in [2.45, 2.75) is 13.5 Å². The fourth-order valence-electron chi connectivity index (χ4n) is 3.32. The molecule has 156 valence electrons. The third kappa shape index (κ3) is 4.02. The maximum absolute atomic E-state index is 13.3. The molecule has 0 N–H and O–H groups in total. The Morgan fingerprint density at radius 1 is 0.935 bits per heavy atom. The summed E-state index contributed by atoms with van der Waals surface area (Å²) in [4.78, 5) is 39.1. The maximum Gasteiger partial charge on any atom is 0.338 e. The Balaban J connectivity index is 1.52. The van der Waals surface area contributed by atoms with Gasteiger partial charge in [0.2, 0.25) is 0 Å². The van der Waals surface area contributed by atoms with Gasteiger partial charge in [0.1, 0.15) is 18.2 Å². The minimum atomic E-state index is -0.674. The van der Waals surface area contributed by atoms with Crippen LogP contribution in [-0.4, -0.2) is 24.4 Å². The van der Waals surface area contributed by atoms with Crippen LogP contribution in [0.1, 0.15) is 43.6 Å². The molecule has 0 aliphatic carbocycles. The summed E-state index contributed by atoms with van der Waals surface area (Å²) < 4.78 is 23.9. The third-order valence-electron chi connectivity index (χ3n) is 4.79. The Hall–Kier alpha value is -4.00. The van der Waals surface area contributed by atoms with Gasteiger partial charge in [-0.3, -0.25) is 9.59 Å². The molecule has 0 unspecified atom stereocenters. The quantitative estimate of drug-likeness (QED) is 0.438. The maximum atomic E-state index is 13.3. The van der Waals surface area contributed by atoms with Gasteiger partial charge in [0, 0.05) is 0 Å². The average molecular weight is 419 g/mol. The van der Waals surface area contributed by atoms with Gasteiger partial charge in [0.05, 0.1) is 29.0 Å². The molecule has 3 aromatic carbocycles. The van der Waals surface area contributed by atoms with E-state index in [-0.39, 0.29) is 23.3 Å². The lowest BCUT2D eigenvalue weighted by atomic mass is 10.1. The van der Waals surface area contributed by atoms with Gasteiger partial charge in [-0.15, -0.1) is 0 Å². The predicted molar refractivity (Wildman–Crippen MR) is 111 cm³/mol. The van der Waals surface area contributed by atoms with Crippen LogP contribution in [0, 0.1) is 5.82 Å². The molecule has 6 nitrogen and oxygen atoms in total. The van der Waals surface area contributed by atoms with Gasteiger partial charge in [-0.2, -0.15) is 0 Å². The lowest BCUT2D eigenvalue weighted by molar-refractivity contribution is 0.0472. The van der Waals surface area contributed by atoms with Crippen LogP contribution < -0.4 is 9.64 Å². The van der Waals surface area contributed by atoms with Crippen molar-refractivity contribution in [2.24, 2.45) is 0 Å². The number of imide groups is 1. The lowest BCUT2D eigenvalue weighted by Gasteiger charge is -2.14. The Kier molecular flexibility index (Phi) is 5.49. The highest BCUT2D eigenvalue weighted by Gasteiger charge is 2.37. The van der Waals surface area contributed by atoms with E-state index in [0.29, 0.717) is 23.6 Å². The summed E-state index contributed by atoms with van der Waals surface area (Å²) in [5.74, 6) is -1.46. The van der Waals surface area contributed by atoms with Crippen LogP contribution in [0.3, 0.4) is 0 Å². The molecule has 31 heavy (non-hydrogen) atoms. The molecule has 1 heterocycles. The van der Waals surface area contributed by atoms with E-state index in [0.717, 1.165) is 4.90 Å². The lowest BCUT2D eigenvalue weighted by Crippen LogP contribution is -2.29. The summed E-state index contributed by atoms with van der Waals surface area (Å²) >= 11 is 0. The molecular weight excluding hydrogens is 401 g/mol. The number of carbonyl (C=O) groups is 3. The number of fused-ring (bicyclic) bond motifs is 1. The topological polar surface area (TPSA) is 72.9 Å². The Bertz CT molecular complexity index is 1170. The van der Waals surface area contributed by atoms with E-state index in [4.69, 9.17) is 9.47 Å². The molecule has 0 aromatic heterocycles. The Morgan fingerprint density at radius 2 is 1.68 bits per heavy atom. The minimum Gasteiger partial charge on any atom is -0.494 e. The molecular formula is C24H18FNO5. The van der Waals surface area contributed by atoms with Gasteiger partial charge in [-0.25, -0.2) is 14.1 Å². The van der Waals surface area contributed by atoms with Gasteiger partial charge in [0.25, 0.3) is 11.8 Å². The molecule has 1 aliphatic heterocycles. The van der Waals surface area contributed by atoms with Crippen LogP contribution >= 0.6 is 0 Å². The number of rotatable bonds is 6. The van der Waals surface area contributed by atoms with E-state index < -0.39 is 23.6 Å². The highest BCUT2D eigenvalue weighted by Crippen LogP contribution is 2.30. The fraction of sp³-hybridized carbons (Fsp3) is 0.125. The molecule has 1 aliphatic rings. The van der Waals surface area contributed by atoms with Crippen molar-refractivity contribution < 1.29 is 28.2 Å². The second-order valence-electron chi connectivity index (χ2n) is 6.84. The van der Waals surface area contributed by atoms with Crippen molar-refractivity contribution in [2.75, 3.05) is 11.5 Å². The molecule has 4 rings (SSSR count). The van der Waals surface area contributed by atoms with Crippen LogP contribution in [0.2, 0.25) is 0 Å². The number of amides is 2. The SMILES string of the molecule is CCOc1ccc(N2C(=O)c3ccc(C(=O)OCc4cccc(F)c4)cc3C2=O)cc1. The van der Waals surface area contributed by atoms with Crippen molar-refractivity contribution in [1.29, 1.82) is 0 Å². The summed E-state index contributed by atoms with van der Waals surface area (Å²) in [6.45, 7) is 2.25. The average Bonchev–Trinajstić information content (AvgIpc) is 3.02. The van der Waals surface area contributed by atoms with Crippen LogP contribution in [0.25, 0.3) is 0 Å². The van der Waals surface area contributed by atoms with Crippen molar-refractivity contribution >= 4 is 23.5 Å². The Labute approximate surface area is 177 Å². The summed E-state index contributed by atoms with van der Waals surface area (Å²) in [6, 6.07) is 16.5. The molecule has 3 aromatic rings. The van der Waals surface area contributed by atoms with E-state index in [1.165, 1.54) is 36.4 Å². The molecule has 0 fully saturated rings. The first-order valence-electron chi connectivity index (χ1n) is 9.65. The number of hydrogen-bond acceptors (Lipinski definition) is 5. The minimum absolute atomic E-state index is 0.112. The fourth-order valence-corrected chi connectivity index (χ4v) is 3.32. The number of carbonyl (C=O) groups excluding carboxylic acids is 3. The molecule has 0 bridgehead atoms. The first kappa shape index (κ1) is 20.3. The van der Waals surface area contributed by atoms with Gasteiger partial charge >= 0.3 is 5.97 Å². The van der Waals surface area contributed by atoms with Gasteiger partial charge in [-0.05, 0) is 67.1 Å². The first-order chi connectivity index (χ1) is 15.0. The molecule has 0 radical (unpaired) electrons. The predicted octanol–water partition coefficient (Wildman–Crippen LogP) is 4.38. The number of ether oxygens (including phenoxy) is 2. The highest BCUT2D eigenvalue weighted by molar-refractivity contribution is 6.34. The summed E-state index contributed by atoms with van der Waals surface area (Å²) in [5.41, 5.74) is 1.37. The van der Waals surface area contributed by atoms with Crippen molar-refractivity contribution in [3.63, 3.8) is 0 Å². The molecule has 0 spiro atoms. The standard InChI is InChI=1S/C24H18FNO5/c1-2-30-19-9-7-18(8-10-19)26-22(27)20-11-6-16(13-21(20)23(26)28)24(29)31-14-15-4-3-5-17(25)12-15/h3-13H,2,14H2,1H3. The largest absolute Gasteiger partial charge is 0.494 e. The monoisotopic (exact) mass is 419 g/mol. The zero-order valence-corrected chi connectivity index (χ0v) is 16.6. The zero-order valence-electron chi connectivity index (χ0n) is 16.6. The van der Waals surface area contributed by atoms with Crippen LogP contribution in [0.4, 0.5) is 10.1 Å². The molecule has 7 heteroatoms. The number of anilines is 1. The van der Waals surface area contributed by atoms with Gasteiger partial charge < -0.3 is 9.47 Å². The summed E-state index contributed by atoms with van der Waals surface area (Å²) in [6.07, 6.45) is 0. The molecule has 0 saturated heterocycles. The van der Waals surface area contributed by atoms with E-state index in [1.807, 2.05) is 6.92 Å². The molecule has 2 amide bonds. The van der Waals surface area contributed by atoms with Crippen molar-refractivity contribution in [1.82, 2.24) is 0 Å². The van der Waals surface area contributed by atoms with Crippen LogP contribution in [-0.2, 0) is 11.3 Å². The molecule has 0 saturated carbocycles. The van der Waals surface area contributed by atoms with E-state index >= 15 is 0 Å². The number of nitrogens with zero attached hydrogens (tertiary/aromatic N) is 1. The van der Waals surface area contributed by atoms with E-state index in [2.05, 4.69) is 0 Å². The normalized spacial score (nSPS) is 12.6. The van der Waals surface area contributed by atoms with E-state index in [1.54, 1.807) is 30.3 Å². The number of esters is 1. The first-order valence-corrected chi connectivity index (χ1v) is 9.65. The second-order valence-corrected chi connectivity index (χ2v) is 6.84. The van der Waals surface area contributed by atoms with Crippen molar-refractivity contribution in [3.8, 4) is 5.75 Å². The summed E-state index contributed by atoms with van der Waals surface area (Å²) in [7, 11) is 0. The van der Waals surface area contributed by atoms with Crippen LogP contribution in [0.5, 0.6) is 5.75 Å². The number of halogens is 1. The van der Waals surface area contributed by atoms with Gasteiger partial charge in [-0.1, -0.05) is 12.1 Å². The van der Waals surface area contributed by atoms with Crippen LogP contribution in [0.15, 0.2) is 66.7 Å². The van der Waals surface area contributed by atoms with Gasteiger partial charge in [0.15, 0.2) is 0 Å². The zero-order chi connectivity index (χ0) is 22.0. The smallest absolute Gasteiger partial charge is 0.338 e. The third-order valence-corrected chi connectivity index (χ3v) is 4.79. The van der Waals surface area contributed by atoms with E-state index in [9.17, 15) is 18.8 Å².